The average molecular weight is 194 g/mol. The van der Waals surface area contributed by atoms with Crippen LogP contribution in [0.15, 0.2) is 18.2 Å². The van der Waals surface area contributed by atoms with Gasteiger partial charge in [-0.2, -0.15) is 0 Å². The second-order valence-electron chi connectivity index (χ2n) is 3.24. The van der Waals surface area contributed by atoms with Gasteiger partial charge >= 0.3 is 0 Å². The van der Waals surface area contributed by atoms with Gasteiger partial charge < -0.3 is 16.2 Å². The average Bonchev–Trinajstić information content (AvgIpc) is 2.08. The minimum atomic E-state index is -0.101. The van der Waals surface area contributed by atoms with E-state index < -0.39 is 0 Å². The Morgan fingerprint density at radius 2 is 2.21 bits per heavy atom. The molecule has 0 aliphatic rings. The van der Waals surface area contributed by atoms with Crippen molar-refractivity contribution in [2.75, 3.05) is 5.73 Å². The summed E-state index contributed by atoms with van der Waals surface area (Å²) < 4.78 is 0. The highest BCUT2D eigenvalue weighted by Gasteiger charge is 2.07. The minimum absolute atomic E-state index is 0.0591. The molecule has 76 valence electrons. The van der Waals surface area contributed by atoms with Crippen LogP contribution >= 0.6 is 0 Å². The van der Waals surface area contributed by atoms with Gasteiger partial charge in [0, 0.05) is 6.92 Å². The van der Waals surface area contributed by atoms with Gasteiger partial charge in [0.05, 0.1) is 11.7 Å². The van der Waals surface area contributed by atoms with Crippen molar-refractivity contribution >= 4 is 11.6 Å². The smallest absolute Gasteiger partial charge is 0.217 e. The van der Waals surface area contributed by atoms with E-state index in [-0.39, 0.29) is 17.7 Å². The molecule has 1 rings (SSSR count). The van der Waals surface area contributed by atoms with Crippen LogP contribution in [0.3, 0.4) is 0 Å². The molecule has 0 heterocycles. The normalized spacial score (nSPS) is 12.1. The van der Waals surface area contributed by atoms with Crippen LogP contribution in [-0.4, -0.2) is 11.0 Å². The Bertz CT molecular complexity index is 350. The first-order chi connectivity index (χ1) is 6.50. The summed E-state index contributed by atoms with van der Waals surface area (Å²) in [5, 5.41) is 11.9. The first-order valence-electron chi connectivity index (χ1n) is 4.36. The Morgan fingerprint density at radius 3 is 2.71 bits per heavy atom. The van der Waals surface area contributed by atoms with Crippen LogP contribution in [0.1, 0.15) is 25.5 Å². The minimum Gasteiger partial charge on any atom is -0.506 e. The summed E-state index contributed by atoms with van der Waals surface area (Å²) in [7, 11) is 0. The Kier molecular flexibility index (Phi) is 2.96. The highest BCUT2D eigenvalue weighted by molar-refractivity contribution is 5.73. The number of rotatable bonds is 2. The molecule has 0 spiro atoms. The Labute approximate surface area is 82.7 Å². The number of hydrogen-bond acceptors (Lipinski definition) is 3. The quantitative estimate of drug-likeness (QED) is 0.488. The molecule has 0 radical (unpaired) electrons. The lowest BCUT2D eigenvalue weighted by Crippen LogP contribution is -2.23. The molecule has 0 aliphatic carbocycles. The lowest BCUT2D eigenvalue weighted by atomic mass is 10.1. The second kappa shape index (κ2) is 4.00. The van der Waals surface area contributed by atoms with Crippen LogP contribution in [0.5, 0.6) is 5.75 Å². The summed E-state index contributed by atoms with van der Waals surface area (Å²) in [5.41, 5.74) is 6.72. The number of carbonyl (C=O) groups excluding carboxylic acids is 1. The van der Waals surface area contributed by atoms with E-state index >= 15 is 0 Å². The van der Waals surface area contributed by atoms with E-state index in [2.05, 4.69) is 5.32 Å². The zero-order chi connectivity index (χ0) is 10.7. The number of anilines is 1. The van der Waals surface area contributed by atoms with Crippen molar-refractivity contribution in [3.63, 3.8) is 0 Å². The molecule has 0 fully saturated rings. The largest absolute Gasteiger partial charge is 0.506 e. The number of aromatic hydroxyl groups is 1. The molecule has 1 amide bonds. The third-order valence-electron chi connectivity index (χ3n) is 1.97. The number of carbonyl (C=O) groups is 1. The summed E-state index contributed by atoms with van der Waals surface area (Å²) in [5.74, 6) is -0.0343. The van der Waals surface area contributed by atoms with Crippen LogP contribution in [-0.2, 0) is 4.79 Å². The fourth-order valence-corrected chi connectivity index (χ4v) is 1.23. The molecule has 4 N–H and O–H groups in total. The van der Waals surface area contributed by atoms with Gasteiger partial charge in [0.25, 0.3) is 0 Å². The third-order valence-corrected chi connectivity index (χ3v) is 1.97. The van der Waals surface area contributed by atoms with Crippen molar-refractivity contribution in [3.8, 4) is 5.75 Å². The monoisotopic (exact) mass is 194 g/mol. The van der Waals surface area contributed by atoms with Crippen LogP contribution in [0.25, 0.3) is 0 Å². The van der Waals surface area contributed by atoms with E-state index in [0.717, 1.165) is 5.56 Å². The first kappa shape index (κ1) is 10.4. The summed E-state index contributed by atoms with van der Waals surface area (Å²) in [4.78, 5) is 10.8. The maximum atomic E-state index is 10.8. The predicted octanol–water partition coefficient (Wildman–Crippen LogP) is 1.17. The third kappa shape index (κ3) is 2.39. The molecule has 14 heavy (non-hydrogen) atoms. The summed E-state index contributed by atoms with van der Waals surface area (Å²) >= 11 is 0. The van der Waals surface area contributed by atoms with E-state index in [9.17, 15) is 9.90 Å². The maximum absolute atomic E-state index is 10.8. The number of phenolic OH excluding ortho intramolecular Hbond substituents is 1. The van der Waals surface area contributed by atoms with Crippen molar-refractivity contribution in [3.05, 3.63) is 23.8 Å². The molecule has 0 saturated carbocycles. The van der Waals surface area contributed by atoms with Gasteiger partial charge in [0.2, 0.25) is 5.91 Å². The molecule has 1 aromatic rings. The van der Waals surface area contributed by atoms with Gasteiger partial charge in [-0.05, 0) is 24.6 Å². The molecule has 1 unspecified atom stereocenters. The molecule has 1 aromatic carbocycles. The van der Waals surface area contributed by atoms with Crippen LogP contribution < -0.4 is 11.1 Å². The molecular formula is C10H14N2O2. The van der Waals surface area contributed by atoms with Crippen molar-refractivity contribution in [2.45, 2.75) is 19.9 Å². The molecule has 0 saturated heterocycles. The number of benzene rings is 1. The first-order valence-corrected chi connectivity index (χ1v) is 4.36. The fraction of sp³-hybridized carbons (Fsp3) is 0.300. The number of hydrogen-bond donors (Lipinski definition) is 3. The number of phenols is 1. The lowest BCUT2D eigenvalue weighted by Gasteiger charge is -2.13. The second-order valence-corrected chi connectivity index (χ2v) is 3.24. The van der Waals surface area contributed by atoms with Crippen molar-refractivity contribution < 1.29 is 9.90 Å². The van der Waals surface area contributed by atoms with Crippen molar-refractivity contribution in [1.29, 1.82) is 0 Å². The Hall–Kier alpha value is -1.71. The van der Waals surface area contributed by atoms with Gasteiger partial charge in [-0.25, -0.2) is 0 Å². The molecule has 4 heteroatoms. The standard InChI is InChI=1S/C10H14N2O2/c1-6(12-7(2)13)8-3-4-10(14)9(11)5-8/h3-6,14H,11H2,1-2H3,(H,12,13). The SMILES string of the molecule is CC(=O)NC(C)c1ccc(O)c(N)c1. The molecule has 0 aliphatic heterocycles. The van der Waals surface area contributed by atoms with Gasteiger partial charge in [-0.15, -0.1) is 0 Å². The van der Waals surface area contributed by atoms with Gasteiger partial charge in [-0.3, -0.25) is 4.79 Å². The van der Waals surface area contributed by atoms with E-state index in [1.54, 1.807) is 12.1 Å². The zero-order valence-electron chi connectivity index (χ0n) is 8.24. The molecular weight excluding hydrogens is 180 g/mol. The molecule has 0 bridgehead atoms. The van der Waals surface area contributed by atoms with E-state index in [1.807, 2.05) is 6.92 Å². The summed E-state index contributed by atoms with van der Waals surface area (Å²) in [6.07, 6.45) is 0. The van der Waals surface area contributed by atoms with E-state index in [4.69, 9.17) is 5.73 Å². The van der Waals surface area contributed by atoms with Crippen LogP contribution in [0.4, 0.5) is 5.69 Å². The number of amides is 1. The van der Waals surface area contributed by atoms with Crippen LogP contribution in [0.2, 0.25) is 0 Å². The highest BCUT2D eigenvalue weighted by atomic mass is 16.3. The topological polar surface area (TPSA) is 75.3 Å². The summed E-state index contributed by atoms with van der Waals surface area (Å²) in [6, 6.07) is 4.79. The zero-order valence-corrected chi connectivity index (χ0v) is 8.24. The Balaban J connectivity index is 2.85. The van der Waals surface area contributed by atoms with E-state index in [0.29, 0.717) is 5.69 Å². The molecule has 4 nitrogen and oxygen atoms in total. The van der Waals surface area contributed by atoms with Crippen molar-refractivity contribution in [1.82, 2.24) is 5.32 Å². The molecule has 1 atom stereocenters. The van der Waals surface area contributed by atoms with Gasteiger partial charge in [0.15, 0.2) is 0 Å². The van der Waals surface area contributed by atoms with Crippen molar-refractivity contribution in [2.24, 2.45) is 0 Å². The molecule has 0 aromatic heterocycles. The van der Waals surface area contributed by atoms with Gasteiger partial charge in [-0.1, -0.05) is 6.07 Å². The number of nitrogens with two attached hydrogens (primary N) is 1. The Morgan fingerprint density at radius 1 is 1.57 bits per heavy atom. The van der Waals surface area contributed by atoms with Gasteiger partial charge in [0.1, 0.15) is 5.75 Å². The number of nitrogen functional groups attached to an aromatic ring is 1. The predicted molar refractivity (Wildman–Crippen MR) is 54.8 cm³/mol. The van der Waals surface area contributed by atoms with Crippen LogP contribution in [0, 0.1) is 0 Å². The highest BCUT2D eigenvalue weighted by Crippen LogP contribution is 2.23. The van der Waals surface area contributed by atoms with E-state index in [1.165, 1.54) is 13.0 Å². The maximum Gasteiger partial charge on any atom is 0.217 e. The fourth-order valence-electron chi connectivity index (χ4n) is 1.23. The summed E-state index contributed by atoms with van der Waals surface area (Å²) in [6.45, 7) is 3.31. The number of nitrogens with one attached hydrogen (secondary N) is 1. The lowest BCUT2D eigenvalue weighted by molar-refractivity contribution is -0.119.